The van der Waals surface area contributed by atoms with E-state index in [1.54, 1.807) is 22.7 Å². The van der Waals surface area contributed by atoms with Gasteiger partial charge in [0.2, 0.25) is 0 Å². The summed E-state index contributed by atoms with van der Waals surface area (Å²) in [6.07, 6.45) is 15.5. The van der Waals surface area contributed by atoms with Crippen molar-refractivity contribution in [3.8, 4) is 19.5 Å². The average molecular weight is 615 g/mol. The summed E-state index contributed by atoms with van der Waals surface area (Å²) in [6, 6.07) is 10.6. The van der Waals surface area contributed by atoms with Crippen molar-refractivity contribution in [2.45, 2.75) is 90.4 Å². The average Bonchev–Trinajstić information content (AvgIpc) is 3.71. The van der Waals surface area contributed by atoms with E-state index in [1.807, 2.05) is 51.7 Å². The number of nitrogens with zero attached hydrogens (tertiary/aromatic N) is 2. The van der Waals surface area contributed by atoms with Crippen LogP contribution < -0.4 is 0 Å². The molecule has 0 unspecified atom stereocenters. The number of ketones is 2. The van der Waals surface area contributed by atoms with Crippen molar-refractivity contribution in [1.29, 1.82) is 0 Å². The third-order valence-electron chi connectivity index (χ3n) is 7.41. The molecule has 0 bridgehead atoms. The van der Waals surface area contributed by atoms with Crippen LogP contribution in [-0.4, -0.2) is 62.6 Å². The number of carbonyl (C=O) groups is 2. The summed E-state index contributed by atoms with van der Waals surface area (Å²) in [5, 5.41) is 0. The van der Waals surface area contributed by atoms with Crippen LogP contribution in [0.4, 0.5) is 0 Å². The van der Waals surface area contributed by atoms with E-state index in [2.05, 4.69) is 34.9 Å². The Balaban J connectivity index is 1.69. The number of carbonyl (C=O) groups excluding carboxylic acids is 2. The molecule has 7 heteroatoms. The van der Waals surface area contributed by atoms with Gasteiger partial charge in [0.1, 0.15) is 0 Å². The van der Waals surface area contributed by atoms with Crippen molar-refractivity contribution in [1.82, 2.24) is 9.80 Å². The lowest BCUT2D eigenvalue weighted by atomic mass is 10.0. The molecule has 0 amide bonds. The van der Waals surface area contributed by atoms with Crippen molar-refractivity contribution in [3.63, 3.8) is 0 Å². The van der Waals surface area contributed by atoms with Gasteiger partial charge in [-0.3, -0.25) is 9.59 Å². The summed E-state index contributed by atoms with van der Waals surface area (Å²) in [5.41, 5.74) is 1.38. The SMILES string of the molecule is CCCCCCCCCCCCc1cc(-c2ccc(C(=O)CCN(C)C)s2)sc1-c1ccc(C(=O)CCN(C)C)s1. The van der Waals surface area contributed by atoms with Gasteiger partial charge in [-0.05, 0) is 76.9 Å². The van der Waals surface area contributed by atoms with Crippen molar-refractivity contribution in [3.05, 3.63) is 45.6 Å². The van der Waals surface area contributed by atoms with Gasteiger partial charge in [-0.1, -0.05) is 64.7 Å². The van der Waals surface area contributed by atoms with E-state index in [0.717, 1.165) is 34.1 Å². The minimum Gasteiger partial charge on any atom is -0.309 e. The van der Waals surface area contributed by atoms with Crippen LogP contribution in [0.5, 0.6) is 0 Å². The van der Waals surface area contributed by atoms with E-state index in [1.165, 1.54) is 84.4 Å². The second-order valence-electron chi connectivity index (χ2n) is 11.7. The Hall–Kier alpha value is -1.64. The Morgan fingerprint density at radius 3 is 1.63 bits per heavy atom. The largest absolute Gasteiger partial charge is 0.309 e. The molecule has 226 valence electrons. The lowest BCUT2D eigenvalue weighted by molar-refractivity contribution is 0.0968. The fourth-order valence-corrected chi connectivity index (χ4v) is 8.26. The summed E-state index contributed by atoms with van der Waals surface area (Å²) in [5.74, 6) is 0.443. The third-order valence-corrected chi connectivity index (χ3v) is 11.2. The van der Waals surface area contributed by atoms with E-state index in [-0.39, 0.29) is 11.6 Å². The molecule has 0 aromatic carbocycles. The first-order valence-electron chi connectivity index (χ1n) is 15.5. The molecule has 0 aliphatic carbocycles. The Labute approximate surface area is 260 Å². The maximum Gasteiger partial charge on any atom is 0.174 e. The van der Waals surface area contributed by atoms with Crippen LogP contribution in [0.25, 0.3) is 19.5 Å². The normalized spacial score (nSPS) is 11.7. The first kappa shape index (κ1) is 33.9. The Bertz CT molecular complexity index is 1200. The highest BCUT2D eigenvalue weighted by Gasteiger charge is 2.18. The number of hydrogen-bond acceptors (Lipinski definition) is 7. The first-order chi connectivity index (χ1) is 19.8. The standard InChI is InChI=1S/C34H50N2O2S3/c1-6-7-8-9-10-11-12-13-14-15-16-26-25-33(31-19-17-29(39-31)27(37)21-23-35(2)3)41-34(26)32-20-18-30(40-32)28(38)22-24-36(4)5/h17-20,25H,6-16,21-24H2,1-5H3. The van der Waals surface area contributed by atoms with E-state index < -0.39 is 0 Å². The van der Waals surface area contributed by atoms with Crippen molar-refractivity contribution in [2.24, 2.45) is 0 Å². The van der Waals surface area contributed by atoms with E-state index in [9.17, 15) is 9.59 Å². The molecule has 4 nitrogen and oxygen atoms in total. The van der Waals surface area contributed by atoms with E-state index in [0.29, 0.717) is 12.8 Å². The number of hydrogen-bond donors (Lipinski definition) is 0. The predicted molar refractivity (Wildman–Crippen MR) is 181 cm³/mol. The lowest BCUT2D eigenvalue weighted by Gasteiger charge is -2.07. The Kier molecular flexibility index (Phi) is 15.0. The molecule has 0 spiro atoms. The predicted octanol–water partition coefficient (Wildman–Crippen LogP) is 9.94. The quantitative estimate of drug-likeness (QED) is 0.0884. The van der Waals surface area contributed by atoms with E-state index >= 15 is 0 Å². The Morgan fingerprint density at radius 1 is 0.610 bits per heavy atom. The topological polar surface area (TPSA) is 40.6 Å². The molecule has 0 fully saturated rings. The molecule has 3 aromatic rings. The van der Waals surface area contributed by atoms with Gasteiger partial charge in [0, 0.05) is 45.4 Å². The number of aryl methyl sites for hydroxylation is 1. The minimum absolute atomic E-state index is 0.219. The molecule has 0 saturated heterocycles. The molecule has 0 saturated carbocycles. The van der Waals surface area contributed by atoms with Crippen molar-refractivity contribution < 1.29 is 9.59 Å². The molecular formula is C34H50N2O2S3. The second kappa shape index (κ2) is 18.1. The van der Waals surface area contributed by atoms with Crippen LogP contribution in [0.15, 0.2) is 30.3 Å². The third kappa shape index (κ3) is 11.5. The number of unbranched alkanes of at least 4 members (excludes halogenated alkanes) is 9. The van der Waals surface area contributed by atoms with Crippen LogP contribution in [0.1, 0.15) is 109 Å². The number of Topliss-reactive ketones (excluding diaryl/α,β-unsaturated/α-hetero) is 2. The van der Waals surface area contributed by atoms with Gasteiger partial charge >= 0.3 is 0 Å². The maximum absolute atomic E-state index is 12.8. The maximum atomic E-state index is 12.8. The van der Waals surface area contributed by atoms with Gasteiger partial charge in [0.15, 0.2) is 11.6 Å². The molecule has 3 heterocycles. The molecular weight excluding hydrogens is 565 g/mol. The van der Waals surface area contributed by atoms with Crippen LogP contribution in [0.2, 0.25) is 0 Å². The highest BCUT2D eigenvalue weighted by molar-refractivity contribution is 7.27. The molecule has 3 aromatic heterocycles. The molecule has 0 atom stereocenters. The van der Waals surface area contributed by atoms with Gasteiger partial charge in [0.25, 0.3) is 0 Å². The fourth-order valence-electron chi connectivity index (χ4n) is 4.87. The highest BCUT2D eigenvalue weighted by Crippen LogP contribution is 2.43. The van der Waals surface area contributed by atoms with Gasteiger partial charge in [-0.25, -0.2) is 0 Å². The second-order valence-corrected chi connectivity index (χ2v) is 14.9. The van der Waals surface area contributed by atoms with Crippen molar-refractivity contribution >= 4 is 45.6 Å². The number of thiophene rings is 3. The summed E-state index contributed by atoms with van der Waals surface area (Å²) < 4.78 is 0. The monoisotopic (exact) mass is 614 g/mol. The Morgan fingerprint density at radius 2 is 1.10 bits per heavy atom. The summed E-state index contributed by atoms with van der Waals surface area (Å²) >= 11 is 5.06. The summed E-state index contributed by atoms with van der Waals surface area (Å²) in [4.78, 5) is 36.2. The minimum atomic E-state index is 0.219. The van der Waals surface area contributed by atoms with Crippen LogP contribution in [-0.2, 0) is 6.42 Å². The number of rotatable bonds is 21. The molecule has 0 aliphatic heterocycles. The van der Waals surface area contributed by atoms with Gasteiger partial charge < -0.3 is 9.80 Å². The summed E-state index contributed by atoms with van der Waals surface area (Å²) in [6.45, 7) is 3.82. The van der Waals surface area contributed by atoms with Gasteiger partial charge in [0.05, 0.1) is 9.75 Å². The summed E-state index contributed by atoms with van der Waals surface area (Å²) in [7, 11) is 8.02. The highest BCUT2D eigenvalue weighted by atomic mass is 32.1. The zero-order chi connectivity index (χ0) is 29.6. The fraction of sp³-hybridized carbons (Fsp3) is 0.588. The molecule has 0 radical (unpaired) electrons. The van der Waals surface area contributed by atoms with Gasteiger partial charge in [-0.2, -0.15) is 0 Å². The molecule has 0 N–H and O–H groups in total. The molecule has 0 aliphatic rings. The molecule has 41 heavy (non-hydrogen) atoms. The van der Waals surface area contributed by atoms with Crippen molar-refractivity contribution in [2.75, 3.05) is 41.3 Å². The molecule has 3 rings (SSSR count). The smallest absolute Gasteiger partial charge is 0.174 e. The van der Waals surface area contributed by atoms with Crippen LogP contribution in [0, 0.1) is 0 Å². The van der Waals surface area contributed by atoms with Gasteiger partial charge in [-0.15, -0.1) is 34.0 Å². The van der Waals surface area contributed by atoms with E-state index in [4.69, 9.17) is 0 Å². The zero-order valence-electron chi connectivity index (χ0n) is 25.9. The van der Waals surface area contributed by atoms with Crippen LogP contribution >= 0.6 is 34.0 Å². The first-order valence-corrected chi connectivity index (χ1v) is 17.9. The zero-order valence-corrected chi connectivity index (χ0v) is 28.4. The van der Waals surface area contributed by atoms with Crippen LogP contribution in [0.3, 0.4) is 0 Å². The lowest BCUT2D eigenvalue weighted by Crippen LogP contribution is -2.16.